The van der Waals surface area contributed by atoms with Gasteiger partial charge in [-0.2, -0.15) is 5.10 Å². The van der Waals surface area contributed by atoms with E-state index < -0.39 is 0 Å². The highest BCUT2D eigenvalue weighted by molar-refractivity contribution is 6.31. The molecule has 0 bridgehead atoms. The number of halogens is 1. The molecular weight excluding hydrogens is 274 g/mol. The van der Waals surface area contributed by atoms with Gasteiger partial charge in [-0.3, -0.25) is 4.68 Å². The quantitative estimate of drug-likeness (QED) is 0.890. The van der Waals surface area contributed by atoms with Gasteiger partial charge in [-0.15, -0.1) is 0 Å². The summed E-state index contributed by atoms with van der Waals surface area (Å²) < 4.78 is 3.83. The fourth-order valence-electron chi connectivity index (χ4n) is 2.31. The molecule has 0 aliphatic rings. The molecule has 2 aromatic rings. The van der Waals surface area contributed by atoms with E-state index in [1.807, 2.05) is 42.8 Å². The van der Waals surface area contributed by atoms with Crippen molar-refractivity contribution in [2.24, 2.45) is 14.1 Å². The molecule has 0 aliphatic heterocycles. The van der Waals surface area contributed by atoms with Crippen molar-refractivity contribution in [3.05, 3.63) is 34.6 Å². The Labute approximate surface area is 125 Å². The molecule has 0 aromatic carbocycles. The van der Waals surface area contributed by atoms with E-state index in [2.05, 4.69) is 22.3 Å². The molecule has 0 radical (unpaired) electrons. The first-order valence-corrected chi connectivity index (χ1v) is 7.30. The molecule has 20 heavy (non-hydrogen) atoms. The van der Waals surface area contributed by atoms with E-state index in [1.165, 1.54) is 0 Å². The number of aryl methyl sites for hydroxylation is 3. The van der Waals surface area contributed by atoms with Gasteiger partial charge in [-0.05, 0) is 19.9 Å². The number of nitrogens with one attached hydrogen (secondary N) is 1. The van der Waals surface area contributed by atoms with Crippen LogP contribution in [-0.4, -0.2) is 25.9 Å². The second-order valence-corrected chi connectivity index (χ2v) is 5.52. The van der Waals surface area contributed by atoms with Gasteiger partial charge in [-0.25, -0.2) is 4.98 Å². The molecule has 6 heteroatoms. The molecule has 1 atom stereocenters. The number of nitrogens with zero attached hydrogens (tertiary/aromatic N) is 4. The second kappa shape index (κ2) is 6.41. The summed E-state index contributed by atoms with van der Waals surface area (Å²) in [7, 11) is 3.91. The molecule has 110 valence electrons. The number of hydrogen-bond donors (Lipinski definition) is 1. The third-order valence-electron chi connectivity index (χ3n) is 3.38. The molecule has 0 saturated heterocycles. The van der Waals surface area contributed by atoms with Gasteiger partial charge in [0.2, 0.25) is 0 Å². The van der Waals surface area contributed by atoms with E-state index in [4.69, 9.17) is 11.6 Å². The van der Waals surface area contributed by atoms with Crippen LogP contribution in [0.3, 0.4) is 0 Å². The first kappa shape index (κ1) is 15.1. The summed E-state index contributed by atoms with van der Waals surface area (Å²) in [4.78, 5) is 4.46. The third kappa shape index (κ3) is 3.22. The Morgan fingerprint density at radius 1 is 1.40 bits per heavy atom. The highest BCUT2D eigenvalue weighted by atomic mass is 35.5. The summed E-state index contributed by atoms with van der Waals surface area (Å²) in [6.07, 6.45) is 5.74. The smallest absolute Gasteiger partial charge is 0.0947 e. The van der Waals surface area contributed by atoms with E-state index in [-0.39, 0.29) is 6.04 Å². The number of imidazole rings is 1. The van der Waals surface area contributed by atoms with Crippen LogP contribution in [0.4, 0.5) is 0 Å². The molecule has 0 aliphatic carbocycles. The maximum absolute atomic E-state index is 6.35. The predicted octanol–water partition coefficient (Wildman–Crippen LogP) is 2.40. The van der Waals surface area contributed by atoms with Crippen molar-refractivity contribution in [2.75, 3.05) is 6.54 Å². The average molecular weight is 296 g/mol. The molecule has 1 N–H and O–H groups in total. The number of rotatable bonds is 6. The minimum atomic E-state index is 0.156. The van der Waals surface area contributed by atoms with Crippen molar-refractivity contribution < 1.29 is 0 Å². The van der Waals surface area contributed by atoms with Crippen LogP contribution in [0.2, 0.25) is 5.02 Å². The lowest BCUT2D eigenvalue weighted by atomic mass is 10.1. The first-order valence-electron chi connectivity index (χ1n) is 6.92. The van der Waals surface area contributed by atoms with E-state index in [1.54, 1.807) is 0 Å². The lowest BCUT2D eigenvalue weighted by molar-refractivity contribution is 0.503. The zero-order valence-corrected chi connectivity index (χ0v) is 13.3. The van der Waals surface area contributed by atoms with Gasteiger partial charge in [0.05, 0.1) is 34.5 Å². The van der Waals surface area contributed by atoms with Crippen LogP contribution < -0.4 is 5.32 Å². The summed E-state index contributed by atoms with van der Waals surface area (Å²) in [6, 6.07) is 0.156. The van der Waals surface area contributed by atoms with Crippen molar-refractivity contribution in [1.82, 2.24) is 24.6 Å². The fourth-order valence-corrected chi connectivity index (χ4v) is 2.55. The lowest BCUT2D eigenvalue weighted by Crippen LogP contribution is -2.25. The second-order valence-electron chi connectivity index (χ2n) is 5.14. The van der Waals surface area contributed by atoms with Gasteiger partial charge in [-0.1, -0.05) is 18.5 Å². The lowest BCUT2D eigenvalue weighted by Gasteiger charge is -2.17. The van der Waals surface area contributed by atoms with Gasteiger partial charge in [0.15, 0.2) is 0 Å². The Hall–Kier alpha value is -1.33. The van der Waals surface area contributed by atoms with E-state index >= 15 is 0 Å². The maximum atomic E-state index is 6.35. The van der Waals surface area contributed by atoms with Gasteiger partial charge >= 0.3 is 0 Å². The highest BCUT2D eigenvalue weighted by Gasteiger charge is 2.19. The molecular formula is C14H22ClN5. The van der Waals surface area contributed by atoms with Crippen molar-refractivity contribution in [1.29, 1.82) is 0 Å². The summed E-state index contributed by atoms with van der Waals surface area (Å²) in [5.74, 6) is 0. The zero-order valence-electron chi connectivity index (χ0n) is 12.5. The monoisotopic (exact) mass is 295 g/mol. The van der Waals surface area contributed by atoms with Crippen molar-refractivity contribution in [3.8, 4) is 0 Å². The summed E-state index contributed by atoms with van der Waals surface area (Å²) in [5, 5.41) is 8.67. The van der Waals surface area contributed by atoms with Crippen molar-refractivity contribution in [2.45, 2.75) is 32.7 Å². The molecule has 1 unspecified atom stereocenters. The van der Waals surface area contributed by atoms with Crippen molar-refractivity contribution in [3.63, 3.8) is 0 Å². The van der Waals surface area contributed by atoms with Crippen LogP contribution in [0.5, 0.6) is 0 Å². The molecule has 0 spiro atoms. The molecule has 2 heterocycles. The van der Waals surface area contributed by atoms with Crippen LogP contribution >= 0.6 is 11.6 Å². The predicted molar refractivity (Wildman–Crippen MR) is 80.9 cm³/mol. The van der Waals surface area contributed by atoms with Gasteiger partial charge in [0, 0.05) is 26.7 Å². The van der Waals surface area contributed by atoms with Gasteiger partial charge < -0.3 is 9.88 Å². The number of aromatic nitrogens is 4. The molecule has 2 aromatic heterocycles. The third-order valence-corrected chi connectivity index (χ3v) is 3.87. The molecule has 0 saturated carbocycles. The molecule has 2 rings (SSSR count). The van der Waals surface area contributed by atoms with E-state index in [0.717, 1.165) is 41.5 Å². The standard InChI is InChI=1S/C14H22ClN5/c1-5-6-16-11(12-8-19(3)9-17-12)7-13-14(15)10(2)18-20(13)4/h8-9,11,16H,5-7H2,1-4H3. The fraction of sp³-hybridized carbons (Fsp3) is 0.571. The Balaban J connectivity index is 2.23. The normalized spacial score (nSPS) is 12.8. The molecule has 0 amide bonds. The van der Waals surface area contributed by atoms with Gasteiger partial charge in [0.25, 0.3) is 0 Å². The first-order chi connectivity index (χ1) is 9.52. The summed E-state index contributed by atoms with van der Waals surface area (Å²) in [5.41, 5.74) is 2.96. The molecule has 5 nitrogen and oxygen atoms in total. The Morgan fingerprint density at radius 2 is 2.15 bits per heavy atom. The zero-order chi connectivity index (χ0) is 14.7. The van der Waals surface area contributed by atoms with Crippen LogP contribution in [-0.2, 0) is 20.5 Å². The van der Waals surface area contributed by atoms with Crippen LogP contribution in [0.15, 0.2) is 12.5 Å². The van der Waals surface area contributed by atoms with Gasteiger partial charge in [0.1, 0.15) is 0 Å². The minimum Gasteiger partial charge on any atom is -0.340 e. The van der Waals surface area contributed by atoms with Crippen molar-refractivity contribution >= 4 is 11.6 Å². The summed E-state index contributed by atoms with van der Waals surface area (Å²) >= 11 is 6.35. The average Bonchev–Trinajstić information content (AvgIpc) is 2.93. The Bertz CT molecular complexity index is 572. The largest absolute Gasteiger partial charge is 0.340 e. The summed E-state index contributed by atoms with van der Waals surface area (Å²) in [6.45, 7) is 5.04. The SMILES string of the molecule is CCCNC(Cc1c(Cl)c(C)nn1C)c1cn(C)cn1. The van der Waals surface area contributed by atoms with Crippen LogP contribution in [0.1, 0.15) is 36.5 Å². The highest BCUT2D eigenvalue weighted by Crippen LogP contribution is 2.25. The topological polar surface area (TPSA) is 47.7 Å². The Kier molecular flexibility index (Phi) is 4.83. The van der Waals surface area contributed by atoms with Crippen LogP contribution in [0, 0.1) is 6.92 Å². The van der Waals surface area contributed by atoms with Crippen LogP contribution in [0.25, 0.3) is 0 Å². The maximum Gasteiger partial charge on any atom is 0.0947 e. The minimum absolute atomic E-state index is 0.156. The Morgan fingerprint density at radius 3 is 2.65 bits per heavy atom. The molecule has 0 fully saturated rings. The van der Waals surface area contributed by atoms with E-state index in [0.29, 0.717) is 0 Å². The number of hydrogen-bond acceptors (Lipinski definition) is 3. The van der Waals surface area contributed by atoms with E-state index in [9.17, 15) is 0 Å².